The molecular weight excluding hydrogens is 244 g/mol. The lowest BCUT2D eigenvalue weighted by Gasteiger charge is -2.27. The predicted octanol–water partition coefficient (Wildman–Crippen LogP) is 3.55. The average molecular weight is 262 g/mol. The summed E-state index contributed by atoms with van der Waals surface area (Å²) in [5.74, 6) is 0.563. The smallest absolute Gasteiger partial charge is 0.202 e. The van der Waals surface area contributed by atoms with Crippen LogP contribution in [0.5, 0.6) is 0 Å². The molecule has 2 atom stereocenters. The SMILES string of the molecule is C[C@@]12C=C(S(=O)(=O)c3ccccc3)C[C@@H](CC1)C2. The maximum Gasteiger partial charge on any atom is 0.202 e. The summed E-state index contributed by atoms with van der Waals surface area (Å²) in [6.07, 6.45) is 6.21. The molecule has 2 nitrogen and oxygen atoms in total. The maximum absolute atomic E-state index is 12.6. The van der Waals surface area contributed by atoms with Crippen LogP contribution in [0, 0.1) is 11.3 Å². The summed E-state index contributed by atoms with van der Waals surface area (Å²) in [5.41, 5.74) is 0.111. The summed E-state index contributed by atoms with van der Waals surface area (Å²) in [6, 6.07) is 8.79. The normalized spacial score (nSPS) is 31.2. The molecule has 0 unspecified atom stereocenters. The van der Waals surface area contributed by atoms with E-state index in [1.807, 2.05) is 12.1 Å². The second-order valence-corrected chi connectivity index (χ2v) is 7.90. The van der Waals surface area contributed by atoms with E-state index in [0.717, 1.165) is 19.3 Å². The van der Waals surface area contributed by atoms with Gasteiger partial charge in [-0.3, -0.25) is 0 Å². The van der Waals surface area contributed by atoms with E-state index in [1.165, 1.54) is 6.42 Å². The molecule has 2 bridgehead atoms. The first-order chi connectivity index (χ1) is 8.50. The fraction of sp³-hybridized carbons (Fsp3) is 0.467. The Morgan fingerprint density at radius 1 is 1.22 bits per heavy atom. The second kappa shape index (κ2) is 3.95. The highest BCUT2D eigenvalue weighted by atomic mass is 32.2. The lowest BCUT2D eigenvalue weighted by atomic mass is 9.83. The number of hydrogen-bond donors (Lipinski definition) is 0. The molecule has 0 saturated heterocycles. The molecule has 0 aromatic heterocycles. The van der Waals surface area contributed by atoms with Gasteiger partial charge in [0.15, 0.2) is 0 Å². The van der Waals surface area contributed by atoms with Crippen LogP contribution < -0.4 is 0 Å². The van der Waals surface area contributed by atoms with Crippen molar-refractivity contribution in [1.29, 1.82) is 0 Å². The lowest BCUT2D eigenvalue weighted by Crippen LogP contribution is -2.18. The molecule has 2 aliphatic carbocycles. The summed E-state index contributed by atoms with van der Waals surface area (Å²) >= 11 is 0. The molecule has 1 fully saturated rings. The van der Waals surface area contributed by atoms with Crippen molar-refractivity contribution in [3.8, 4) is 0 Å². The zero-order chi connectivity index (χ0) is 12.8. The van der Waals surface area contributed by atoms with E-state index in [2.05, 4.69) is 6.92 Å². The van der Waals surface area contributed by atoms with Gasteiger partial charge in [-0.1, -0.05) is 31.2 Å². The van der Waals surface area contributed by atoms with Crippen molar-refractivity contribution < 1.29 is 8.42 Å². The monoisotopic (exact) mass is 262 g/mol. The third kappa shape index (κ3) is 1.91. The van der Waals surface area contributed by atoms with E-state index in [0.29, 0.717) is 15.7 Å². The van der Waals surface area contributed by atoms with Crippen molar-refractivity contribution in [3.05, 3.63) is 41.3 Å². The Labute approximate surface area is 109 Å². The zero-order valence-corrected chi connectivity index (χ0v) is 11.4. The molecule has 3 heteroatoms. The molecule has 3 rings (SSSR count). The molecule has 2 aliphatic rings. The van der Waals surface area contributed by atoms with E-state index in [-0.39, 0.29) is 5.41 Å². The minimum absolute atomic E-state index is 0.111. The molecule has 0 amide bonds. The third-order valence-electron chi connectivity index (χ3n) is 4.28. The molecule has 96 valence electrons. The van der Waals surface area contributed by atoms with Crippen LogP contribution in [0.1, 0.15) is 32.6 Å². The topological polar surface area (TPSA) is 34.1 Å². The Morgan fingerprint density at radius 3 is 2.61 bits per heavy atom. The minimum atomic E-state index is -3.26. The van der Waals surface area contributed by atoms with Gasteiger partial charge in [-0.05, 0) is 49.1 Å². The Kier molecular flexibility index (Phi) is 2.63. The average Bonchev–Trinajstić information content (AvgIpc) is 2.63. The van der Waals surface area contributed by atoms with Gasteiger partial charge < -0.3 is 0 Å². The molecular formula is C15H18O2S. The van der Waals surface area contributed by atoms with Crippen molar-refractivity contribution in [2.24, 2.45) is 11.3 Å². The quantitative estimate of drug-likeness (QED) is 0.816. The highest BCUT2D eigenvalue weighted by molar-refractivity contribution is 7.95. The van der Waals surface area contributed by atoms with Crippen molar-refractivity contribution in [1.82, 2.24) is 0 Å². The first-order valence-electron chi connectivity index (χ1n) is 6.52. The van der Waals surface area contributed by atoms with Gasteiger partial charge in [-0.25, -0.2) is 8.42 Å². The van der Waals surface area contributed by atoms with Gasteiger partial charge in [0.05, 0.1) is 4.90 Å². The highest BCUT2D eigenvalue weighted by Gasteiger charge is 2.40. The van der Waals surface area contributed by atoms with Gasteiger partial charge in [0.1, 0.15) is 0 Å². The lowest BCUT2D eigenvalue weighted by molar-refractivity contribution is 0.392. The second-order valence-electron chi connectivity index (χ2n) is 5.89. The van der Waals surface area contributed by atoms with Crippen molar-refractivity contribution in [2.75, 3.05) is 0 Å². The predicted molar refractivity (Wildman–Crippen MR) is 71.8 cm³/mol. The molecule has 0 spiro atoms. The zero-order valence-electron chi connectivity index (χ0n) is 10.6. The Hall–Kier alpha value is -1.09. The Morgan fingerprint density at radius 2 is 1.94 bits per heavy atom. The molecule has 1 saturated carbocycles. The molecule has 0 heterocycles. The van der Waals surface area contributed by atoms with Gasteiger partial charge in [0.2, 0.25) is 9.84 Å². The van der Waals surface area contributed by atoms with Gasteiger partial charge in [0, 0.05) is 4.91 Å². The summed E-state index contributed by atoms with van der Waals surface area (Å²) < 4.78 is 25.2. The fourth-order valence-corrected chi connectivity index (χ4v) is 5.09. The van der Waals surface area contributed by atoms with Gasteiger partial charge in [0.25, 0.3) is 0 Å². The van der Waals surface area contributed by atoms with Crippen LogP contribution in [-0.2, 0) is 9.84 Å². The number of rotatable bonds is 2. The van der Waals surface area contributed by atoms with Crippen LogP contribution in [0.25, 0.3) is 0 Å². The summed E-state index contributed by atoms with van der Waals surface area (Å²) in [6.45, 7) is 2.19. The number of sulfone groups is 1. The summed E-state index contributed by atoms with van der Waals surface area (Å²) in [4.78, 5) is 1.08. The molecule has 1 aromatic rings. The number of fused-ring (bicyclic) bond motifs is 2. The molecule has 18 heavy (non-hydrogen) atoms. The number of hydrogen-bond acceptors (Lipinski definition) is 2. The molecule has 1 aromatic carbocycles. The van der Waals surface area contributed by atoms with Crippen molar-refractivity contribution >= 4 is 9.84 Å². The van der Waals surface area contributed by atoms with Crippen LogP contribution in [0.15, 0.2) is 46.2 Å². The van der Waals surface area contributed by atoms with Gasteiger partial charge in [-0.2, -0.15) is 0 Å². The molecule has 0 aliphatic heterocycles. The number of benzene rings is 1. The maximum atomic E-state index is 12.6. The van der Waals surface area contributed by atoms with Crippen LogP contribution in [0.4, 0.5) is 0 Å². The van der Waals surface area contributed by atoms with Crippen molar-refractivity contribution in [2.45, 2.75) is 37.5 Å². The Bertz CT molecular complexity index is 586. The Balaban J connectivity index is 2.04. The van der Waals surface area contributed by atoms with Crippen LogP contribution in [0.2, 0.25) is 0 Å². The summed E-state index contributed by atoms with van der Waals surface area (Å²) in [5, 5.41) is 0. The summed E-state index contributed by atoms with van der Waals surface area (Å²) in [7, 11) is -3.26. The first-order valence-corrected chi connectivity index (χ1v) is 8.00. The van der Waals surface area contributed by atoms with E-state index in [9.17, 15) is 8.42 Å². The van der Waals surface area contributed by atoms with Crippen molar-refractivity contribution in [3.63, 3.8) is 0 Å². The van der Waals surface area contributed by atoms with E-state index in [1.54, 1.807) is 24.3 Å². The minimum Gasteiger partial charge on any atom is -0.219 e. The van der Waals surface area contributed by atoms with Crippen LogP contribution in [-0.4, -0.2) is 8.42 Å². The van der Waals surface area contributed by atoms with Gasteiger partial charge >= 0.3 is 0 Å². The fourth-order valence-electron chi connectivity index (χ4n) is 3.37. The molecule has 0 radical (unpaired) electrons. The first kappa shape index (κ1) is 12.0. The number of allylic oxidation sites excluding steroid dienone is 2. The third-order valence-corrected chi connectivity index (χ3v) is 6.14. The van der Waals surface area contributed by atoms with Crippen LogP contribution in [0.3, 0.4) is 0 Å². The highest BCUT2D eigenvalue weighted by Crippen LogP contribution is 2.51. The van der Waals surface area contributed by atoms with Gasteiger partial charge in [-0.15, -0.1) is 0 Å². The standard InChI is InChI=1S/C15H18O2S/c1-15-8-7-12(10-15)9-14(11-15)18(16,17)13-5-3-2-4-6-13/h2-6,11-12H,7-10H2,1H3/t12-,15-/m1/s1. The van der Waals surface area contributed by atoms with Crippen LogP contribution >= 0.6 is 0 Å². The molecule has 0 N–H and O–H groups in total. The van der Waals surface area contributed by atoms with E-state index >= 15 is 0 Å². The van der Waals surface area contributed by atoms with E-state index < -0.39 is 9.84 Å². The largest absolute Gasteiger partial charge is 0.219 e. The van der Waals surface area contributed by atoms with E-state index in [4.69, 9.17) is 0 Å².